The number of carbonyl (C=O) groups excluding carboxylic acids is 3. The quantitative estimate of drug-likeness (QED) is 0.679. The van der Waals surface area contributed by atoms with Crippen molar-refractivity contribution in [1.82, 2.24) is 0 Å². The van der Waals surface area contributed by atoms with Crippen LogP contribution in [0.3, 0.4) is 0 Å². The van der Waals surface area contributed by atoms with E-state index < -0.39 is 29.6 Å². The molecule has 11 heteroatoms. The van der Waals surface area contributed by atoms with Crippen LogP contribution in [0.25, 0.3) is 0 Å². The first-order chi connectivity index (χ1) is 15.7. The minimum absolute atomic E-state index is 0.0195. The van der Waals surface area contributed by atoms with E-state index in [-0.39, 0.29) is 41.5 Å². The second-order valence-electron chi connectivity index (χ2n) is 6.77. The smallest absolute Gasteiger partial charge is 0.416 e. The van der Waals surface area contributed by atoms with E-state index in [4.69, 9.17) is 14.2 Å². The highest BCUT2D eigenvalue weighted by Crippen LogP contribution is 2.32. The molecule has 1 heterocycles. The largest absolute Gasteiger partial charge is 0.466 e. The van der Waals surface area contributed by atoms with Crippen LogP contribution in [0, 0.1) is 0 Å². The van der Waals surface area contributed by atoms with Gasteiger partial charge in [0.05, 0.1) is 43.2 Å². The first kappa shape index (κ1) is 23.8. The molecule has 0 saturated carbocycles. The molecule has 2 aromatic carbocycles. The highest BCUT2D eigenvalue weighted by atomic mass is 19.4. The van der Waals surface area contributed by atoms with Crippen molar-refractivity contribution in [3.05, 3.63) is 70.9 Å². The van der Waals surface area contributed by atoms with Crippen molar-refractivity contribution in [2.75, 3.05) is 37.8 Å². The Kier molecular flexibility index (Phi) is 7.02. The summed E-state index contributed by atoms with van der Waals surface area (Å²) >= 11 is 0. The fourth-order valence-electron chi connectivity index (χ4n) is 3.21. The maximum absolute atomic E-state index is 13.0. The number of carbonyl (C=O) groups is 3. The van der Waals surface area contributed by atoms with E-state index in [0.717, 1.165) is 26.4 Å². The van der Waals surface area contributed by atoms with E-state index in [0.29, 0.717) is 0 Å². The van der Waals surface area contributed by atoms with Crippen LogP contribution in [0.4, 0.5) is 24.5 Å². The first-order valence-corrected chi connectivity index (χ1v) is 9.50. The van der Waals surface area contributed by atoms with Gasteiger partial charge in [0, 0.05) is 5.69 Å². The van der Waals surface area contributed by atoms with Gasteiger partial charge in [-0.15, -0.1) is 0 Å². The van der Waals surface area contributed by atoms with Gasteiger partial charge in [0.2, 0.25) is 0 Å². The van der Waals surface area contributed by atoms with Crippen molar-refractivity contribution in [2.24, 2.45) is 0 Å². The molecule has 8 nitrogen and oxygen atoms in total. The number of rotatable bonds is 5. The fourth-order valence-corrected chi connectivity index (χ4v) is 3.21. The standard InChI is InChI=1S/C22H19F3N2O6/c1-31-20(29)16-11-33-12-27(18(16)21(30)32-2)17-9-4-3-8-15(17)19(28)26-14-7-5-6-13(10-14)22(23,24)25/h3-10H,11-12H2,1-2H3,(H,26,28). The normalized spacial score (nSPS) is 14.0. The molecule has 0 bridgehead atoms. The van der Waals surface area contributed by atoms with Gasteiger partial charge in [-0.3, -0.25) is 4.79 Å². The second-order valence-corrected chi connectivity index (χ2v) is 6.77. The van der Waals surface area contributed by atoms with Crippen LogP contribution in [0.15, 0.2) is 59.8 Å². The number of methoxy groups -OCH3 is 2. The number of alkyl halides is 3. The lowest BCUT2D eigenvalue weighted by molar-refractivity contribution is -0.140. The summed E-state index contributed by atoms with van der Waals surface area (Å²) in [4.78, 5) is 38.9. The van der Waals surface area contributed by atoms with E-state index in [1.807, 2.05) is 0 Å². The Morgan fingerprint density at radius 1 is 1.00 bits per heavy atom. The third kappa shape index (κ3) is 5.14. The summed E-state index contributed by atoms with van der Waals surface area (Å²) in [6, 6.07) is 10.2. The molecule has 1 N–H and O–H groups in total. The third-order valence-electron chi connectivity index (χ3n) is 4.72. The molecule has 1 aliphatic heterocycles. The number of para-hydroxylation sites is 1. The fraction of sp³-hybridized carbons (Fsp3) is 0.227. The van der Waals surface area contributed by atoms with Gasteiger partial charge in [0.1, 0.15) is 12.4 Å². The van der Waals surface area contributed by atoms with Gasteiger partial charge in [0.15, 0.2) is 0 Å². The number of ether oxygens (including phenoxy) is 3. The van der Waals surface area contributed by atoms with Crippen LogP contribution in [-0.2, 0) is 30.0 Å². The lowest BCUT2D eigenvalue weighted by atomic mass is 10.1. The van der Waals surface area contributed by atoms with Crippen LogP contribution in [0.2, 0.25) is 0 Å². The van der Waals surface area contributed by atoms with Gasteiger partial charge >= 0.3 is 18.1 Å². The molecule has 1 aliphatic rings. The Morgan fingerprint density at radius 2 is 1.70 bits per heavy atom. The molecule has 174 valence electrons. The molecule has 33 heavy (non-hydrogen) atoms. The van der Waals surface area contributed by atoms with Crippen molar-refractivity contribution in [3.63, 3.8) is 0 Å². The summed E-state index contributed by atoms with van der Waals surface area (Å²) < 4.78 is 53.9. The van der Waals surface area contributed by atoms with Crippen molar-refractivity contribution < 1.29 is 41.8 Å². The molecule has 1 amide bonds. The Hall–Kier alpha value is -3.86. The average Bonchev–Trinajstić information content (AvgIpc) is 2.82. The number of hydrogen-bond donors (Lipinski definition) is 1. The number of amides is 1. The number of hydrogen-bond acceptors (Lipinski definition) is 7. The minimum Gasteiger partial charge on any atom is -0.466 e. The van der Waals surface area contributed by atoms with E-state index in [2.05, 4.69) is 5.32 Å². The third-order valence-corrected chi connectivity index (χ3v) is 4.72. The van der Waals surface area contributed by atoms with Crippen LogP contribution < -0.4 is 10.2 Å². The van der Waals surface area contributed by atoms with Crippen LogP contribution >= 0.6 is 0 Å². The van der Waals surface area contributed by atoms with E-state index >= 15 is 0 Å². The maximum Gasteiger partial charge on any atom is 0.416 e. The molecular formula is C22H19F3N2O6. The topological polar surface area (TPSA) is 94.2 Å². The zero-order valence-electron chi connectivity index (χ0n) is 17.6. The van der Waals surface area contributed by atoms with Gasteiger partial charge in [-0.05, 0) is 30.3 Å². The Bertz CT molecular complexity index is 1110. The summed E-state index contributed by atoms with van der Waals surface area (Å²) in [6.07, 6.45) is -4.58. The van der Waals surface area contributed by atoms with Crippen molar-refractivity contribution in [2.45, 2.75) is 6.18 Å². The molecule has 0 aromatic heterocycles. The molecule has 0 unspecified atom stereocenters. The van der Waals surface area contributed by atoms with Gasteiger partial charge in [-0.2, -0.15) is 13.2 Å². The van der Waals surface area contributed by atoms with Gasteiger partial charge in [-0.1, -0.05) is 18.2 Å². The van der Waals surface area contributed by atoms with Gasteiger partial charge < -0.3 is 24.4 Å². The number of anilines is 2. The molecule has 0 fully saturated rings. The highest BCUT2D eigenvalue weighted by molar-refractivity contribution is 6.10. The Labute approximate surface area is 186 Å². The van der Waals surface area contributed by atoms with Crippen LogP contribution in [-0.4, -0.2) is 45.4 Å². The van der Waals surface area contributed by atoms with Crippen LogP contribution in [0.5, 0.6) is 0 Å². The first-order valence-electron chi connectivity index (χ1n) is 9.50. The van der Waals surface area contributed by atoms with E-state index in [1.165, 1.54) is 35.2 Å². The summed E-state index contributed by atoms with van der Waals surface area (Å²) in [6.45, 7) is -0.412. The van der Waals surface area contributed by atoms with Crippen LogP contribution in [0.1, 0.15) is 15.9 Å². The van der Waals surface area contributed by atoms with Gasteiger partial charge in [0.25, 0.3) is 5.91 Å². The molecular weight excluding hydrogens is 445 g/mol. The van der Waals surface area contributed by atoms with Crippen molar-refractivity contribution in [3.8, 4) is 0 Å². The summed E-state index contributed by atoms with van der Waals surface area (Å²) in [7, 11) is 2.27. The molecule has 0 spiro atoms. The molecule has 0 saturated heterocycles. The number of nitrogens with zero attached hydrogens (tertiary/aromatic N) is 1. The van der Waals surface area contributed by atoms with E-state index in [9.17, 15) is 27.6 Å². The zero-order chi connectivity index (χ0) is 24.2. The molecule has 2 aromatic rings. The van der Waals surface area contributed by atoms with Gasteiger partial charge in [-0.25, -0.2) is 9.59 Å². The molecule has 3 rings (SSSR count). The lowest BCUT2D eigenvalue weighted by Gasteiger charge is -2.32. The highest BCUT2D eigenvalue weighted by Gasteiger charge is 2.34. The zero-order valence-corrected chi connectivity index (χ0v) is 17.6. The monoisotopic (exact) mass is 464 g/mol. The SMILES string of the molecule is COC(=O)C1=C(C(=O)OC)N(c2ccccc2C(=O)Nc2cccc(C(F)(F)F)c2)COC1. The Balaban J connectivity index is 2.01. The molecule has 0 radical (unpaired) electrons. The van der Waals surface area contributed by atoms with Crippen molar-refractivity contribution in [1.29, 1.82) is 0 Å². The van der Waals surface area contributed by atoms with E-state index in [1.54, 1.807) is 6.07 Å². The minimum atomic E-state index is -4.58. The predicted octanol–water partition coefficient (Wildman–Crippen LogP) is 3.35. The lowest BCUT2D eigenvalue weighted by Crippen LogP contribution is -2.39. The number of esters is 2. The number of nitrogens with one attached hydrogen (secondary N) is 1. The average molecular weight is 464 g/mol. The second kappa shape index (κ2) is 9.74. The summed E-state index contributed by atoms with van der Waals surface area (Å²) in [5, 5.41) is 2.42. The maximum atomic E-state index is 13.0. The number of benzene rings is 2. The number of halogens is 3. The molecule has 0 aliphatic carbocycles. The Morgan fingerprint density at radius 3 is 2.36 bits per heavy atom. The van der Waals surface area contributed by atoms with Crippen molar-refractivity contribution >= 4 is 29.2 Å². The molecule has 0 atom stereocenters. The summed E-state index contributed by atoms with van der Waals surface area (Å²) in [5.74, 6) is -2.41. The predicted molar refractivity (Wildman–Crippen MR) is 110 cm³/mol. The summed E-state index contributed by atoms with van der Waals surface area (Å²) in [5.41, 5.74) is -1.08.